The smallest absolute Gasteiger partial charge is 0.191 e. The first-order valence-corrected chi connectivity index (χ1v) is 11.5. The summed E-state index contributed by atoms with van der Waals surface area (Å²) in [6, 6.07) is 0. The molecule has 25 heavy (non-hydrogen) atoms. The molecule has 0 fully saturated rings. The third kappa shape index (κ3) is 8.95. The van der Waals surface area contributed by atoms with E-state index in [4.69, 9.17) is 9.98 Å². The van der Waals surface area contributed by atoms with Gasteiger partial charge in [0.05, 0.1) is 10.7 Å². The second-order valence-corrected chi connectivity index (χ2v) is 8.33. The fraction of sp³-hybridized carbons (Fsp3) is 0.778. The Labute approximate surface area is 178 Å². The topological polar surface area (TPSA) is 49.3 Å². The van der Waals surface area contributed by atoms with E-state index in [2.05, 4.69) is 23.8 Å². The Hall–Kier alpha value is -0.0200. The largest absolute Gasteiger partial charge is 0.357 e. The molecule has 1 heterocycles. The van der Waals surface area contributed by atoms with E-state index in [1.807, 2.05) is 23.1 Å². The van der Waals surface area contributed by atoms with Gasteiger partial charge in [-0.25, -0.2) is 4.98 Å². The van der Waals surface area contributed by atoms with E-state index in [-0.39, 0.29) is 24.0 Å². The van der Waals surface area contributed by atoms with Gasteiger partial charge in [-0.1, -0.05) is 0 Å². The molecule has 0 spiro atoms. The minimum absolute atomic E-state index is 0. The minimum Gasteiger partial charge on any atom is -0.357 e. The number of aryl methyl sites for hydroxylation is 3. The number of aliphatic imine (C=N–C) groups is 1. The Kier molecular flexibility index (Phi) is 13.0. The number of hydrogen-bond donors (Lipinski definition) is 2. The zero-order valence-electron chi connectivity index (χ0n) is 15.6. The van der Waals surface area contributed by atoms with Crippen LogP contribution in [-0.2, 0) is 19.3 Å². The normalized spacial score (nSPS) is 13.9. The average molecular weight is 497 g/mol. The molecule has 2 rings (SSSR count). The van der Waals surface area contributed by atoms with Gasteiger partial charge in [-0.2, -0.15) is 11.8 Å². The molecule has 0 saturated carbocycles. The van der Waals surface area contributed by atoms with Gasteiger partial charge in [0.15, 0.2) is 5.96 Å². The van der Waals surface area contributed by atoms with Crippen LogP contribution in [0.15, 0.2) is 4.99 Å². The summed E-state index contributed by atoms with van der Waals surface area (Å²) < 4.78 is 0. The van der Waals surface area contributed by atoms with Crippen molar-refractivity contribution in [3.63, 3.8) is 0 Å². The van der Waals surface area contributed by atoms with Gasteiger partial charge >= 0.3 is 0 Å². The van der Waals surface area contributed by atoms with Crippen LogP contribution < -0.4 is 10.6 Å². The summed E-state index contributed by atoms with van der Waals surface area (Å²) >= 11 is 3.85. The molecule has 1 aliphatic rings. The Morgan fingerprint density at radius 2 is 2.04 bits per heavy atom. The third-order valence-electron chi connectivity index (χ3n) is 4.12. The van der Waals surface area contributed by atoms with Gasteiger partial charge < -0.3 is 10.6 Å². The van der Waals surface area contributed by atoms with Crippen molar-refractivity contribution >= 4 is 53.0 Å². The molecular weight excluding hydrogens is 463 g/mol. The number of halogens is 1. The number of nitrogens with one attached hydrogen (secondary N) is 2. The maximum absolute atomic E-state index is 4.82. The van der Waals surface area contributed by atoms with Crippen LogP contribution in [0.2, 0.25) is 0 Å². The number of unbranched alkanes of at least 4 members (excludes halogenated alkanes) is 1. The highest BCUT2D eigenvalue weighted by molar-refractivity contribution is 14.0. The molecule has 0 saturated heterocycles. The van der Waals surface area contributed by atoms with Crippen molar-refractivity contribution in [1.82, 2.24) is 15.6 Å². The van der Waals surface area contributed by atoms with Crippen molar-refractivity contribution < 1.29 is 0 Å². The van der Waals surface area contributed by atoms with E-state index in [0.717, 1.165) is 38.4 Å². The lowest BCUT2D eigenvalue weighted by Crippen LogP contribution is -2.37. The molecule has 2 N–H and O–H groups in total. The molecular formula is C18H33IN4S2. The van der Waals surface area contributed by atoms with Crippen LogP contribution in [0.25, 0.3) is 0 Å². The van der Waals surface area contributed by atoms with E-state index < -0.39 is 0 Å². The number of nitrogens with zero attached hydrogens (tertiary/aromatic N) is 2. The van der Waals surface area contributed by atoms with E-state index in [1.54, 1.807) is 4.88 Å². The molecule has 7 heteroatoms. The van der Waals surface area contributed by atoms with E-state index in [0.29, 0.717) is 0 Å². The SMILES string of the molecule is CCNC(=NCCCc1nc2c(s1)CCCC2)NCCCCSC.I. The standard InChI is InChI=1S/C18H32N4S2.HI/c1-3-19-18(20-12-6-7-14-23-2)21-13-8-11-17-22-15-9-4-5-10-16(15)24-17;/h3-14H2,1-2H3,(H2,19,20,21);1H. The summed E-state index contributed by atoms with van der Waals surface area (Å²) in [4.78, 5) is 11.1. The zero-order chi connectivity index (χ0) is 17.0. The van der Waals surface area contributed by atoms with Crippen molar-refractivity contribution in [1.29, 1.82) is 0 Å². The number of fused-ring (bicyclic) bond motifs is 1. The molecule has 4 nitrogen and oxygen atoms in total. The van der Waals surface area contributed by atoms with Gasteiger partial charge in [0, 0.05) is 30.9 Å². The van der Waals surface area contributed by atoms with E-state index >= 15 is 0 Å². The summed E-state index contributed by atoms with van der Waals surface area (Å²) in [5.74, 6) is 2.20. The van der Waals surface area contributed by atoms with Crippen molar-refractivity contribution in [3.8, 4) is 0 Å². The molecule has 0 radical (unpaired) electrons. The van der Waals surface area contributed by atoms with Crippen LogP contribution >= 0.6 is 47.1 Å². The van der Waals surface area contributed by atoms with Gasteiger partial charge in [0.1, 0.15) is 0 Å². The van der Waals surface area contributed by atoms with E-state index in [1.165, 1.54) is 55.0 Å². The van der Waals surface area contributed by atoms with Gasteiger partial charge in [-0.3, -0.25) is 4.99 Å². The lowest BCUT2D eigenvalue weighted by Gasteiger charge is -2.10. The average Bonchev–Trinajstić information content (AvgIpc) is 3.01. The van der Waals surface area contributed by atoms with Crippen molar-refractivity contribution in [2.75, 3.05) is 31.6 Å². The van der Waals surface area contributed by atoms with Crippen LogP contribution in [0, 0.1) is 0 Å². The Balaban J connectivity index is 0.00000312. The third-order valence-corrected chi connectivity index (χ3v) is 6.03. The van der Waals surface area contributed by atoms with Crippen LogP contribution in [0.4, 0.5) is 0 Å². The van der Waals surface area contributed by atoms with Crippen molar-refractivity contribution in [2.45, 2.75) is 58.3 Å². The van der Waals surface area contributed by atoms with E-state index in [9.17, 15) is 0 Å². The molecule has 1 aliphatic carbocycles. The molecule has 1 aromatic heterocycles. The molecule has 0 aromatic carbocycles. The number of rotatable bonds is 10. The fourth-order valence-electron chi connectivity index (χ4n) is 2.85. The maximum Gasteiger partial charge on any atom is 0.191 e. The predicted molar refractivity (Wildman–Crippen MR) is 124 cm³/mol. The van der Waals surface area contributed by atoms with Crippen LogP contribution in [0.5, 0.6) is 0 Å². The van der Waals surface area contributed by atoms with Crippen LogP contribution in [0.1, 0.15) is 54.6 Å². The number of thiazole rings is 1. The quantitative estimate of drug-likeness (QED) is 0.220. The Morgan fingerprint density at radius 3 is 2.80 bits per heavy atom. The van der Waals surface area contributed by atoms with Gasteiger partial charge in [0.2, 0.25) is 0 Å². The molecule has 1 aromatic rings. The summed E-state index contributed by atoms with van der Waals surface area (Å²) in [5.41, 5.74) is 1.38. The lowest BCUT2D eigenvalue weighted by atomic mass is 10.0. The van der Waals surface area contributed by atoms with Crippen molar-refractivity contribution in [3.05, 3.63) is 15.6 Å². The first kappa shape index (κ1) is 23.0. The minimum atomic E-state index is 0. The van der Waals surface area contributed by atoms with Gasteiger partial charge in [0.25, 0.3) is 0 Å². The Bertz CT molecular complexity index is 482. The monoisotopic (exact) mass is 496 g/mol. The van der Waals surface area contributed by atoms with Crippen LogP contribution in [0.3, 0.4) is 0 Å². The number of aromatic nitrogens is 1. The van der Waals surface area contributed by atoms with Gasteiger partial charge in [-0.15, -0.1) is 35.3 Å². The maximum atomic E-state index is 4.82. The zero-order valence-corrected chi connectivity index (χ0v) is 19.6. The number of hydrogen-bond acceptors (Lipinski definition) is 4. The summed E-state index contributed by atoms with van der Waals surface area (Å²) in [7, 11) is 0. The summed E-state index contributed by atoms with van der Waals surface area (Å²) in [6.07, 6.45) is 11.9. The molecule has 0 unspecified atom stereocenters. The summed E-state index contributed by atoms with van der Waals surface area (Å²) in [6.45, 7) is 4.90. The molecule has 0 atom stereocenters. The molecule has 144 valence electrons. The highest BCUT2D eigenvalue weighted by Gasteiger charge is 2.14. The lowest BCUT2D eigenvalue weighted by molar-refractivity contribution is 0.679. The molecule has 0 amide bonds. The van der Waals surface area contributed by atoms with Crippen molar-refractivity contribution in [2.24, 2.45) is 4.99 Å². The molecule has 0 bridgehead atoms. The van der Waals surface area contributed by atoms with Crippen LogP contribution in [-0.4, -0.2) is 42.6 Å². The molecule has 0 aliphatic heterocycles. The first-order valence-electron chi connectivity index (χ1n) is 9.32. The fourth-order valence-corrected chi connectivity index (χ4v) is 4.54. The second kappa shape index (κ2) is 14.1. The predicted octanol–water partition coefficient (Wildman–Crippen LogP) is 4.27. The second-order valence-electron chi connectivity index (χ2n) is 6.18. The number of guanidine groups is 1. The van der Waals surface area contributed by atoms with Gasteiger partial charge in [-0.05, 0) is 63.9 Å². The first-order chi connectivity index (χ1) is 11.8. The number of thioether (sulfide) groups is 1. The highest BCUT2D eigenvalue weighted by atomic mass is 127. The summed E-state index contributed by atoms with van der Waals surface area (Å²) in [5, 5.41) is 8.08. The Morgan fingerprint density at radius 1 is 1.20 bits per heavy atom. The highest BCUT2D eigenvalue weighted by Crippen LogP contribution is 2.27.